The van der Waals surface area contributed by atoms with Crippen LogP contribution in [0.1, 0.15) is 48.4 Å². The summed E-state index contributed by atoms with van der Waals surface area (Å²) in [6.45, 7) is 5.91. The second-order valence-electron chi connectivity index (χ2n) is 7.26. The Kier molecular flexibility index (Phi) is 4.27. The van der Waals surface area contributed by atoms with Gasteiger partial charge in [-0.25, -0.2) is 0 Å². The zero-order valence-electron chi connectivity index (χ0n) is 15.5. The van der Waals surface area contributed by atoms with E-state index in [1.165, 1.54) is 16.3 Å². The van der Waals surface area contributed by atoms with Gasteiger partial charge in [-0.1, -0.05) is 47.6 Å². The molecule has 0 spiro atoms. The predicted octanol–water partition coefficient (Wildman–Crippen LogP) is 4.74. The minimum absolute atomic E-state index is 0.0431. The number of amides is 1. The van der Waals surface area contributed by atoms with Gasteiger partial charge >= 0.3 is 0 Å². The minimum Gasteiger partial charge on any atom is -0.361 e. The molecule has 1 aliphatic carbocycles. The molecule has 0 radical (unpaired) electrons. The molecule has 4 nitrogen and oxygen atoms in total. The van der Waals surface area contributed by atoms with Crippen molar-refractivity contribution in [3.05, 3.63) is 65.0 Å². The average Bonchev–Trinajstić information content (AvgIpc) is 3.43. The Morgan fingerprint density at radius 2 is 1.92 bits per heavy atom. The molecule has 1 fully saturated rings. The van der Waals surface area contributed by atoms with Crippen LogP contribution in [0.2, 0.25) is 0 Å². The second-order valence-corrected chi connectivity index (χ2v) is 7.26. The molecule has 4 rings (SSSR count). The van der Waals surface area contributed by atoms with Crippen molar-refractivity contribution in [3.8, 4) is 0 Å². The van der Waals surface area contributed by atoms with Gasteiger partial charge < -0.3 is 9.42 Å². The van der Waals surface area contributed by atoms with Crippen LogP contribution in [0, 0.1) is 13.8 Å². The van der Waals surface area contributed by atoms with Crippen molar-refractivity contribution >= 4 is 16.7 Å². The first-order valence-corrected chi connectivity index (χ1v) is 9.27. The number of carbonyl (C=O) groups excluding carboxylic acids is 1. The first kappa shape index (κ1) is 16.8. The quantitative estimate of drug-likeness (QED) is 0.669. The highest BCUT2D eigenvalue weighted by Crippen LogP contribution is 2.37. The summed E-state index contributed by atoms with van der Waals surface area (Å²) in [5.74, 6) is 0.895. The highest BCUT2D eigenvalue weighted by atomic mass is 16.5. The van der Waals surface area contributed by atoms with Gasteiger partial charge in [0.2, 0.25) is 5.91 Å². The molecule has 0 N–H and O–H groups in total. The number of aryl methyl sites for hydroxylation is 2. The third-order valence-corrected chi connectivity index (χ3v) is 5.43. The molecular formula is C22H24N2O2. The van der Waals surface area contributed by atoms with Crippen LogP contribution in [0.4, 0.5) is 0 Å². The summed E-state index contributed by atoms with van der Waals surface area (Å²) in [6.07, 6.45) is 2.53. The van der Waals surface area contributed by atoms with Crippen molar-refractivity contribution in [2.45, 2.75) is 52.1 Å². The van der Waals surface area contributed by atoms with Gasteiger partial charge in [-0.15, -0.1) is 0 Å². The Balaban J connectivity index is 1.67. The SMILES string of the molecule is Cc1noc(C)c1CC(=O)N(C1CC1)[C@@H](C)c1cccc2ccccc12. The molecule has 4 heteroatoms. The zero-order chi connectivity index (χ0) is 18.3. The van der Waals surface area contributed by atoms with Gasteiger partial charge in [0.1, 0.15) is 5.76 Å². The molecule has 0 bridgehead atoms. The van der Waals surface area contributed by atoms with Gasteiger partial charge in [0.15, 0.2) is 0 Å². The minimum atomic E-state index is 0.0431. The second kappa shape index (κ2) is 6.60. The van der Waals surface area contributed by atoms with Gasteiger partial charge in [0.05, 0.1) is 18.2 Å². The van der Waals surface area contributed by atoms with Crippen molar-refractivity contribution in [2.24, 2.45) is 0 Å². The lowest BCUT2D eigenvalue weighted by atomic mass is 9.98. The Morgan fingerprint density at radius 1 is 1.19 bits per heavy atom. The predicted molar refractivity (Wildman–Crippen MR) is 102 cm³/mol. The van der Waals surface area contributed by atoms with Crippen molar-refractivity contribution in [1.82, 2.24) is 10.1 Å². The van der Waals surface area contributed by atoms with E-state index in [1.807, 2.05) is 13.8 Å². The van der Waals surface area contributed by atoms with E-state index in [1.54, 1.807) is 0 Å². The van der Waals surface area contributed by atoms with E-state index in [2.05, 4.69) is 59.4 Å². The average molecular weight is 348 g/mol. The molecule has 1 saturated carbocycles. The molecule has 1 heterocycles. The van der Waals surface area contributed by atoms with E-state index in [9.17, 15) is 4.79 Å². The van der Waals surface area contributed by atoms with Crippen molar-refractivity contribution in [1.29, 1.82) is 0 Å². The standard InChI is InChI=1S/C22H24N2O2/c1-14-21(16(3)26-23-14)13-22(25)24(18-11-12-18)15(2)19-10-6-8-17-7-4-5-9-20(17)19/h4-10,15,18H,11-13H2,1-3H3/t15-/m0/s1. The third-order valence-electron chi connectivity index (χ3n) is 5.43. The van der Waals surface area contributed by atoms with Crippen molar-refractivity contribution in [2.75, 3.05) is 0 Å². The van der Waals surface area contributed by atoms with Crippen molar-refractivity contribution in [3.63, 3.8) is 0 Å². The van der Waals surface area contributed by atoms with E-state index >= 15 is 0 Å². The number of hydrogen-bond acceptors (Lipinski definition) is 3. The van der Waals surface area contributed by atoms with Crippen LogP contribution >= 0.6 is 0 Å². The van der Waals surface area contributed by atoms with E-state index in [4.69, 9.17) is 4.52 Å². The molecule has 0 unspecified atom stereocenters. The molecule has 134 valence electrons. The van der Waals surface area contributed by atoms with Gasteiger partial charge in [-0.3, -0.25) is 4.79 Å². The van der Waals surface area contributed by atoms with E-state index in [0.717, 1.165) is 29.9 Å². The van der Waals surface area contributed by atoms with Crippen LogP contribution in [0.15, 0.2) is 47.0 Å². The van der Waals surface area contributed by atoms with Gasteiger partial charge in [0, 0.05) is 11.6 Å². The summed E-state index contributed by atoms with van der Waals surface area (Å²) >= 11 is 0. The van der Waals surface area contributed by atoms with Crippen molar-refractivity contribution < 1.29 is 9.32 Å². The molecule has 0 aliphatic heterocycles. The Bertz CT molecular complexity index is 931. The number of benzene rings is 2. The molecular weight excluding hydrogens is 324 g/mol. The smallest absolute Gasteiger partial charge is 0.227 e. The zero-order valence-corrected chi connectivity index (χ0v) is 15.5. The summed E-state index contributed by atoms with van der Waals surface area (Å²) in [5.41, 5.74) is 2.94. The molecule has 1 amide bonds. The Labute approximate surface area is 153 Å². The van der Waals surface area contributed by atoms with Crippen LogP contribution in [0.3, 0.4) is 0 Å². The maximum Gasteiger partial charge on any atom is 0.227 e. The normalized spacial score (nSPS) is 15.2. The van der Waals surface area contributed by atoms with E-state index < -0.39 is 0 Å². The lowest BCUT2D eigenvalue weighted by molar-refractivity contribution is -0.133. The maximum absolute atomic E-state index is 13.2. The van der Waals surface area contributed by atoms with Crippen LogP contribution in [0.5, 0.6) is 0 Å². The topological polar surface area (TPSA) is 46.3 Å². The summed E-state index contributed by atoms with van der Waals surface area (Å²) in [6, 6.07) is 15.1. The monoisotopic (exact) mass is 348 g/mol. The molecule has 26 heavy (non-hydrogen) atoms. The fraction of sp³-hybridized carbons (Fsp3) is 0.364. The number of rotatable bonds is 5. The fourth-order valence-corrected chi connectivity index (χ4v) is 3.85. The van der Waals surface area contributed by atoms with E-state index in [0.29, 0.717) is 12.5 Å². The molecule has 0 saturated heterocycles. The summed E-state index contributed by atoms with van der Waals surface area (Å²) in [4.78, 5) is 15.3. The van der Waals surface area contributed by atoms with Crippen LogP contribution < -0.4 is 0 Å². The Morgan fingerprint density at radius 3 is 2.62 bits per heavy atom. The van der Waals surface area contributed by atoms with Gasteiger partial charge in [0.25, 0.3) is 0 Å². The highest BCUT2D eigenvalue weighted by molar-refractivity contribution is 5.87. The first-order valence-electron chi connectivity index (χ1n) is 9.27. The molecule has 1 aromatic heterocycles. The third kappa shape index (κ3) is 3.00. The van der Waals surface area contributed by atoms with Gasteiger partial charge in [-0.2, -0.15) is 0 Å². The lowest BCUT2D eigenvalue weighted by Gasteiger charge is -2.30. The van der Waals surface area contributed by atoms with E-state index in [-0.39, 0.29) is 11.9 Å². The first-order chi connectivity index (χ1) is 12.6. The van der Waals surface area contributed by atoms with Gasteiger partial charge in [-0.05, 0) is 49.9 Å². The van der Waals surface area contributed by atoms with Crippen LogP contribution in [-0.4, -0.2) is 22.0 Å². The molecule has 2 aromatic carbocycles. The summed E-state index contributed by atoms with van der Waals surface area (Å²) in [7, 11) is 0. The number of hydrogen-bond donors (Lipinski definition) is 0. The fourth-order valence-electron chi connectivity index (χ4n) is 3.85. The number of fused-ring (bicyclic) bond motifs is 1. The summed E-state index contributed by atoms with van der Waals surface area (Å²) in [5, 5.41) is 6.42. The summed E-state index contributed by atoms with van der Waals surface area (Å²) < 4.78 is 5.23. The number of carbonyl (C=O) groups is 1. The lowest BCUT2D eigenvalue weighted by Crippen LogP contribution is -2.36. The molecule has 3 aromatic rings. The maximum atomic E-state index is 13.2. The number of aromatic nitrogens is 1. The Hall–Kier alpha value is -2.62. The van der Waals surface area contributed by atoms with Crippen LogP contribution in [0.25, 0.3) is 10.8 Å². The number of nitrogens with zero attached hydrogens (tertiary/aromatic N) is 2. The van der Waals surface area contributed by atoms with Crippen LogP contribution in [-0.2, 0) is 11.2 Å². The largest absolute Gasteiger partial charge is 0.361 e. The molecule has 1 aliphatic rings. The highest BCUT2D eigenvalue weighted by Gasteiger charge is 2.37. The molecule has 1 atom stereocenters.